The lowest BCUT2D eigenvalue weighted by Crippen LogP contribution is -2.38. The standard InChI is InChI=1S/C15H22FNO2/c1-12(2)14-11-13(16)3-4-15(14)19-10-7-17-5-8-18-9-6-17/h3-4,11-12H,5-10H2,1-2H3. The van der Waals surface area contributed by atoms with Gasteiger partial charge in [-0.05, 0) is 29.7 Å². The van der Waals surface area contributed by atoms with Crippen molar-refractivity contribution in [2.75, 3.05) is 39.5 Å². The second-order valence-electron chi connectivity index (χ2n) is 5.14. The summed E-state index contributed by atoms with van der Waals surface area (Å²) in [7, 11) is 0. The van der Waals surface area contributed by atoms with Gasteiger partial charge in [0, 0.05) is 19.6 Å². The fraction of sp³-hybridized carbons (Fsp3) is 0.600. The zero-order chi connectivity index (χ0) is 13.7. The third kappa shape index (κ3) is 4.18. The van der Waals surface area contributed by atoms with Crippen molar-refractivity contribution >= 4 is 0 Å². The maximum absolute atomic E-state index is 13.2. The average molecular weight is 267 g/mol. The Morgan fingerprint density at radius 1 is 1.32 bits per heavy atom. The molecule has 0 spiro atoms. The van der Waals surface area contributed by atoms with Crippen molar-refractivity contribution in [2.45, 2.75) is 19.8 Å². The summed E-state index contributed by atoms with van der Waals surface area (Å²) in [6.45, 7) is 9.13. The fourth-order valence-corrected chi connectivity index (χ4v) is 2.21. The summed E-state index contributed by atoms with van der Waals surface area (Å²) in [6, 6.07) is 4.74. The van der Waals surface area contributed by atoms with Gasteiger partial charge < -0.3 is 9.47 Å². The first-order chi connectivity index (χ1) is 9.16. The van der Waals surface area contributed by atoms with Crippen LogP contribution >= 0.6 is 0 Å². The molecule has 0 amide bonds. The van der Waals surface area contributed by atoms with E-state index in [9.17, 15) is 4.39 Å². The molecular formula is C15H22FNO2. The molecule has 1 saturated heterocycles. The Balaban J connectivity index is 1.88. The van der Waals surface area contributed by atoms with E-state index in [1.165, 1.54) is 6.07 Å². The lowest BCUT2D eigenvalue weighted by atomic mass is 10.0. The Morgan fingerprint density at radius 3 is 2.74 bits per heavy atom. The van der Waals surface area contributed by atoms with Crippen LogP contribution in [0.4, 0.5) is 4.39 Å². The van der Waals surface area contributed by atoms with Gasteiger partial charge >= 0.3 is 0 Å². The molecule has 1 aliphatic rings. The van der Waals surface area contributed by atoms with E-state index < -0.39 is 0 Å². The number of hydrogen-bond donors (Lipinski definition) is 0. The number of nitrogens with zero attached hydrogens (tertiary/aromatic N) is 1. The normalized spacial score (nSPS) is 16.8. The predicted molar refractivity (Wildman–Crippen MR) is 73.2 cm³/mol. The summed E-state index contributed by atoms with van der Waals surface area (Å²) >= 11 is 0. The number of halogens is 1. The molecule has 0 atom stereocenters. The van der Waals surface area contributed by atoms with Crippen molar-refractivity contribution in [1.29, 1.82) is 0 Å². The Labute approximate surface area is 114 Å². The summed E-state index contributed by atoms with van der Waals surface area (Å²) in [6.07, 6.45) is 0. The highest BCUT2D eigenvalue weighted by atomic mass is 19.1. The van der Waals surface area contributed by atoms with E-state index >= 15 is 0 Å². The third-order valence-corrected chi connectivity index (χ3v) is 3.36. The Kier molecular flexibility index (Phi) is 5.16. The average Bonchev–Trinajstić information content (AvgIpc) is 2.41. The minimum Gasteiger partial charge on any atom is -0.492 e. The second kappa shape index (κ2) is 6.87. The Morgan fingerprint density at radius 2 is 2.05 bits per heavy atom. The van der Waals surface area contributed by atoms with Gasteiger partial charge in [0.15, 0.2) is 0 Å². The van der Waals surface area contributed by atoms with Gasteiger partial charge in [-0.25, -0.2) is 4.39 Å². The van der Waals surface area contributed by atoms with Crippen molar-refractivity contribution in [3.05, 3.63) is 29.6 Å². The summed E-state index contributed by atoms with van der Waals surface area (Å²) in [4.78, 5) is 2.32. The first-order valence-electron chi connectivity index (χ1n) is 6.89. The minimum atomic E-state index is -0.204. The minimum absolute atomic E-state index is 0.204. The Hall–Kier alpha value is -1.13. The topological polar surface area (TPSA) is 21.7 Å². The van der Waals surface area contributed by atoms with Gasteiger partial charge in [-0.15, -0.1) is 0 Å². The van der Waals surface area contributed by atoms with Crippen LogP contribution < -0.4 is 4.74 Å². The van der Waals surface area contributed by atoms with Crippen molar-refractivity contribution in [3.8, 4) is 5.75 Å². The smallest absolute Gasteiger partial charge is 0.123 e. The molecule has 1 heterocycles. The van der Waals surface area contributed by atoms with Crippen LogP contribution in [0.15, 0.2) is 18.2 Å². The van der Waals surface area contributed by atoms with Crippen LogP contribution in [0.25, 0.3) is 0 Å². The summed E-state index contributed by atoms with van der Waals surface area (Å²) in [5, 5.41) is 0. The van der Waals surface area contributed by atoms with Gasteiger partial charge in [0.05, 0.1) is 13.2 Å². The fourth-order valence-electron chi connectivity index (χ4n) is 2.21. The number of hydrogen-bond acceptors (Lipinski definition) is 3. The van der Waals surface area contributed by atoms with Gasteiger partial charge in [-0.3, -0.25) is 4.90 Å². The number of benzene rings is 1. The first kappa shape index (κ1) is 14.3. The van der Waals surface area contributed by atoms with E-state index in [4.69, 9.17) is 9.47 Å². The SMILES string of the molecule is CC(C)c1cc(F)ccc1OCCN1CCOCC1. The summed E-state index contributed by atoms with van der Waals surface area (Å²) in [5.74, 6) is 0.850. The highest BCUT2D eigenvalue weighted by Crippen LogP contribution is 2.27. The highest BCUT2D eigenvalue weighted by Gasteiger charge is 2.12. The molecule has 3 nitrogen and oxygen atoms in total. The van der Waals surface area contributed by atoms with Crippen molar-refractivity contribution in [1.82, 2.24) is 4.90 Å². The zero-order valence-corrected chi connectivity index (χ0v) is 11.7. The highest BCUT2D eigenvalue weighted by molar-refractivity contribution is 5.36. The van der Waals surface area contributed by atoms with Crippen molar-refractivity contribution in [3.63, 3.8) is 0 Å². The lowest BCUT2D eigenvalue weighted by molar-refractivity contribution is 0.0322. The molecule has 4 heteroatoms. The molecule has 1 aromatic rings. The molecule has 0 N–H and O–H groups in total. The van der Waals surface area contributed by atoms with E-state index in [1.54, 1.807) is 12.1 Å². The van der Waals surface area contributed by atoms with Crippen LogP contribution in [0.2, 0.25) is 0 Å². The van der Waals surface area contributed by atoms with E-state index in [2.05, 4.69) is 4.90 Å². The molecule has 2 rings (SSSR count). The van der Waals surface area contributed by atoms with Gasteiger partial charge in [-0.1, -0.05) is 13.8 Å². The van der Waals surface area contributed by atoms with Crippen LogP contribution in [0, 0.1) is 5.82 Å². The molecule has 0 bridgehead atoms. The van der Waals surface area contributed by atoms with Gasteiger partial charge in [0.2, 0.25) is 0 Å². The maximum atomic E-state index is 13.2. The van der Waals surface area contributed by atoms with Crippen LogP contribution in [0.1, 0.15) is 25.3 Å². The van der Waals surface area contributed by atoms with Gasteiger partial charge in [0.1, 0.15) is 18.2 Å². The van der Waals surface area contributed by atoms with Crippen LogP contribution in [-0.4, -0.2) is 44.4 Å². The predicted octanol–water partition coefficient (Wildman–Crippen LogP) is 2.66. The van der Waals surface area contributed by atoms with Crippen LogP contribution in [-0.2, 0) is 4.74 Å². The maximum Gasteiger partial charge on any atom is 0.123 e. The largest absolute Gasteiger partial charge is 0.492 e. The first-order valence-corrected chi connectivity index (χ1v) is 6.89. The summed E-state index contributed by atoms with van der Waals surface area (Å²) < 4.78 is 24.4. The molecule has 1 fully saturated rings. The molecule has 106 valence electrons. The molecule has 0 radical (unpaired) electrons. The zero-order valence-electron chi connectivity index (χ0n) is 11.7. The molecule has 0 unspecified atom stereocenters. The Bertz CT molecular complexity index is 403. The van der Waals surface area contributed by atoms with E-state index in [0.29, 0.717) is 6.61 Å². The number of morpholine rings is 1. The molecule has 1 aromatic carbocycles. The lowest BCUT2D eigenvalue weighted by Gasteiger charge is -2.26. The molecule has 0 aliphatic carbocycles. The monoisotopic (exact) mass is 267 g/mol. The van der Waals surface area contributed by atoms with Crippen molar-refractivity contribution in [2.24, 2.45) is 0 Å². The molecule has 1 aliphatic heterocycles. The molecule has 0 aromatic heterocycles. The molecule has 0 saturated carbocycles. The number of rotatable bonds is 5. The van der Waals surface area contributed by atoms with Gasteiger partial charge in [0.25, 0.3) is 0 Å². The van der Waals surface area contributed by atoms with Crippen LogP contribution in [0.5, 0.6) is 5.75 Å². The molecule has 19 heavy (non-hydrogen) atoms. The summed E-state index contributed by atoms with van der Waals surface area (Å²) in [5.41, 5.74) is 0.932. The molecular weight excluding hydrogens is 245 g/mol. The van der Waals surface area contributed by atoms with Crippen molar-refractivity contribution < 1.29 is 13.9 Å². The van der Waals surface area contributed by atoms with Crippen LogP contribution in [0.3, 0.4) is 0 Å². The third-order valence-electron chi connectivity index (χ3n) is 3.36. The quantitative estimate of drug-likeness (QED) is 0.818. The van der Waals surface area contributed by atoms with Gasteiger partial charge in [-0.2, -0.15) is 0 Å². The second-order valence-corrected chi connectivity index (χ2v) is 5.14. The van der Waals surface area contributed by atoms with E-state index in [1.807, 2.05) is 13.8 Å². The number of ether oxygens (including phenoxy) is 2. The van der Waals surface area contributed by atoms with E-state index in [-0.39, 0.29) is 11.7 Å². The van der Waals surface area contributed by atoms with E-state index in [0.717, 1.165) is 44.2 Å².